The Kier molecular flexibility index (Phi) is 6.16. The van der Waals surface area contributed by atoms with Crippen LogP contribution in [0.25, 0.3) is 4.96 Å². The lowest BCUT2D eigenvalue weighted by molar-refractivity contribution is -0.132. The van der Waals surface area contributed by atoms with Gasteiger partial charge in [-0.05, 0) is 19.3 Å². The van der Waals surface area contributed by atoms with Crippen molar-refractivity contribution in [3.8, 4) is 0 Å². The van der Waals surface area contributed by atoms with Crippen LogP contribution in [0.2, 0.25) is 0 Å². The Morgan fingerprint density at radius 2 is 1.90 bits per heavy atom. The molecule has 2 fully saturated rings. The molecule has 2 aliphatic rings. The number of aromatic nitrogens is 4. The van der Waals surface area contributed by atoms with Crippen LogP contribution >= 0.6 is 23.1 Å². The molecule has 0 spiro atoms. The van der Waals surface area contributed by atoms with E-state index in [1.165, 1.54) is 27.6 Å². The van der Waals surface area contributed by atoms with Crippen molar-refractivity contribution in [3.05, 3.63) is 16.0 Å². The number of hydrogen-bond acceptors (Lipinski definition) is 9. The highest BCUT2D eigenvalue weighted by molar-refractivity contribution is 8.01. The number of nitrogens with zero attached hydrogens (tertiary/aromatic N) is 5. The van der Waals surface area contributed by atoms with Crippen molar-refractivity contribution in [2.45, 2.75) is 74.7 Å². The molecule has 1 unspecified atom stereocenters. The Balaban J connectivity index is 1.51. The van der Waals surface area contributed by atoms with Crippen LogP contribution in [0, 0.1) is 0 Å². The molecular weight excluding hydrogens is 458 g/mol. The van der Waals surface area contributed by atoms with Crippen LogP contribution in [0.1, 0.15) is 58.6 Å². The Bertz CT molecular complexity index is 1150. The van der Waals surface area contributed by atoms with E-state index in [2.05, 4.69) is 15.3 Å². The van der Waals surface area contributed by atoms with Gasteiger partial charge in [0, 0.05) is 17.5 Å². The highest BCUT2D eigenvalue weighted by Crippen LogP contribution is 2.31. The highest BCUT2D eigenvalue weighted by Gasteiger charge is 2.39. The molecular formula is C19H27N5O4S3. The fourth-order valence-electron chi connectivity index (χ4n) is 4.31. The van der Waals surface area contributed by atoms with Crippen molar-refractivity contribution in [2.24, 2.45) is 0 Å². The first-order chi connectivity index (χ1) is 14.5. The first-order valence-corrected chi connectivity index (χ1v) is 14.1. The quantitative estimate of drug-likeness (QED) is 0.590. The summed E-state index contributed by atoms with van der Waals surface area (Å²) < 4.78 is 25.8. The van der Waals surface area contributed by atoms with Crippen LogP contribution in [0.3, 0.4) is 0 Å². The smallest absolute Gasteiger partial charge is 0.297 e. The van der Waals surface area contributed by atoms with Gasteiger partial charge in [-0.25, -0.2) is 8.42 Å². The molecule has 0 N–H and O–H groups in total. The number of amides is 1. The van der Waals surface area contributed by atoms with Gasteiger partial charge in [-0.2, -0.15) is 4.52 Å². The monoisotopic (exact) mass is 485 g/mol. The van der Waals surface area contributed by atoms with E-state index in [9.17, 15) is 18.0 Å². The van der Waals surface area contributed by atoms with E-state index in [1.807, 2.05) is 25.7 Å². The van der Waals surface area contributed by atoms with Gasteiger partial charge in [-0.15, -0.1) is 15.3 Å². The lowest BCUT2D eigenvalue weighted by atomic mass is 9.93. The average Bonchev–Trinajstić information content (AvgIpc) is 3.40. The van der Waals surface area contributed by atoms with Crippen molar-refractivity contribution in [1.82, 2.24) is 24.7 Å². The summed E-state index contributed by atoms with van der Waals surface area (Å²) in [5.41, 5.74) is -0.393. The van der Waals surface area contributed by atoms with Crippen molar-refractivity contribution in [2.75, 3.05) is 17.3 Å². The number of sulfone groups is 1. The standard InChI is InChI=1S/C19H27N5O4S3/c1-19(2,3)15-16(26)24-17(21-20-15)30-18(22-24)29-10-14(25)23(12-6-4-5-7-12)13-8-9-31(27,28)11-13/h12-13H,4-11H2,1-3H3. The molecule has 3 heterocycles. The first-order valence-electron chi connectivity index (χ1n) is 10.5. The van der Waals surface area contributed by atoms with E-state index < -0.39 is 15.3 Å². The second-order valence-electron chi connectivity index (χ2n) is 9.25. The summed E-state index contributed by atoms with van der Waals surface area (Å²) >= 11 is 2.48. The Hall–Kier alpha value is -1.53. The number of rotatable bonds is 5. The first kappa shape index (κ1) is 22.7. The van der Waals surface area contributed by atoms with Gasteiger partial charge in [-0.3, -0.25) is 9.59 Å². The predicted molar refractivity (Wildman–Crippen MR) is 121 cm³/mol. The van der Waals surface area contributed by atoms with Crippen LogP contribution in [0.5, 0.6) is 0 Å². The zero-order valence-corrected chi connectivity index (χ0v) is 20.4. The number of carbonyl (C=O) groups is 1. The molecule has 2 aromatic rings. The third-order valence-electron chi connectivity index (χ3n) is 5.81. The summed E-state index contributed by atoms with van der Waals surface area (Å²) in [5, 5.41) is 12.6. The van der Waals surface area contributed by atoms with Crippen LogP contribution in [0.4, 0.5) is 0 Å². The summed E-state index contributed by atoms with van der Waals surface area (Å²) in [4.78, 5) is 28.1. The zero-order valence-electron chi connectivity index (χ0n) is 17.9. The predicted octanol–water partition coefficient (Wildman–Crippen LogP) is 1.89. The molecule has 0 bridgehead atoms. The number of fused-ring (bicyclic) bond motifs is 1. The Morgan fingerprint density at radius 3 is 2.52 bits per heavy atom. The molecule has 1 aliphatic heterocycles. The number of carbonyl (C=O) groups excluding carboxylic acids is 1. The van der Waals surface area contributed by atoms with Gasteiger partial charge >= 0.3 is 0 Å². The van der Waals surface area contributed by atoms with Crippen LogP contribution < -0.4 is 5.56 Å². The molecule has 1 aliphatic carbocycles. The van der Waals surface area contributed by atoms with Gasteiger partial charge in [0.05, 0.1) is 17.3 Å². The summed E-state index contributed by atoms with van der Waals surface area (Å²) in [6.07, 6.45) is 4.49. The second-order valence-corrected chi connectivity index (χ2v) is 13.7. The summed E-state index contributed by atoms with van der Waals surface area (Å²) in [5.74, 6) is 0.298. The molecule has 0 aromatic carbocycles. The fraction of sp³-hybridized carbons (Fsp3) is 0.737. The maximum atomic E-state index is 13.2. The lowest BCUT2D eigenvalue weighted by Gasteiger charge is -2.34. The van der Waals surface area contributed by atoms with E-state index in [-0.39, 0.29) is 40.8 Å². The lowest BCUT2D eigenvalue weighted by Crippen LogP contribution is -2.47. The number of hydrogen-bond donors (Lipinski definition) is 0. The Morgan fingerprint density at radius 1 is 1.19 bits per heavy atom. The Labute approximate surface area is 189 Å². The minimum Gasteiger partial charge on any atom is -0.335 e. The van der Waals surface area contributed by atoms with Gasteiger partial charge in [0.25, 0.3) is 5.56 Å². The minimum absolute atomic E-state index is 0.0572. The second kappa shape index (κ2) is 8.43. The molecule has 12 heteroatoms. The van der Waals surface area contributed by atoms with E-state index >= 15 is 0 Å². The molecule has 2 aromatic heterocycles. The molecule has 9 nitrogen and oxygen atoms in total. The van der Waals surface area contributed by atoms with Gasteiger partial charge in [0.15, 0.2) is 14.2 Å². The van der Waals surface area contributed by atoms with Gasteiger partial charge in [-0.1, -0.05) is 56.7 Å². The normalized spacial score (nSPS) is 21.7. The van der Waals surface area contributed by atoms with Crippen molar-refractivity contribution in [1.29, 1.82) is 0 Å². The molecule has 170 valence electrons. The third-order valence-corrected chi connectivity index (χ3v) is 9.58. The molecule has 0 radical (unpaired) electrons. The SMILES string of the molecule is CC(C)(C)c1nnc2sc(SCC(=O)N(C3CCCC3)C3CCS(=O)(=O)C3)nn2c1=O. The third kappa shape index (κ3) is 4.80. The van der Waals surface area contributed by atoms with Crippen LogP contribution in [0.15, 0.2) is 9.13 Å². The maximum Gasteiger partial charge on any atom is 0.297 e. The van der Waals surface area contributed by atoms with Crippen molar-refractivity contribution >= 4 is 43.8 Å². The summed E-state index contributed by atoms with van der Waals surface area (Å²) in [7, 11) is -3.07. The van der Waals surface area contributed by atoms with Crippen LogP contribution in [-0.2, 0) is 20.0 Å². The van der Waals surface area contributed by atoms with Gasteiger partial charge in [0.1, 0.15) is 5.69 Å². The summed E-state index contributed by atoms with van der Waals surface area (Å²) in [6, 6.07) is -0.121. The molecule has 1 saturated heterocycles. The zero-order chi connectivity index (χ0) is 22.4. The van der Waals surface area contributed by atoms with E-state index in [0.29, 0.717) is 21.4 Å². The molecule has 31 heavy (non-hydrogen) atoms. The van der Waals surface area contributed by atoms with E-state index in [4.69, 9.17) is 0 Å². The molecule has 1 amide bonds. The molecule has 1 atom stereocenters. The average molecular weight is 486 g/mol. The van der Waals surface area contributed by atoms with Gasteiger partial charge < -0.3 is 4.90 Å². The van der Waals surface area contributed by atoms with E-state index in [1.54, 1.807) is 0 Å². The van der Waals surface area contributed by atoms with Gasteiger partial charge in [0.2, 0.25) is 10.9 Å². The fourth-order valence-corrected chi connectivity index (χ4v) is 7.76. The largest absolute Gasteiger partial charge is 0.335 e. The van der Waals surface area contributed by atoms with E-state index in [0.717, 1.165) is 25.7 Å². The van der Waals surface area contributed by atoms with Crippen molar-refractivity contribution < 1.29 is 13.2 Å². The topological polar surface area (TPSA) is 115 Å². The maximum absolute atomic E-state index is 13.2. The summed E-state index contributed by atoms with van der Waals surface area (Å²) in [6.45, 7) is 5.69. The molecule has 4 rings (SSSR count). The van der Waals surface area contributed by atoms with Crippen LogP contribution in [-0.4, -0.2) is 68.4 Å². The minimum atomic E-state index is -3.07. The molecule has 1 saturated carbocycles. The highest BCUT2D eigenvalue weighted by atomic mass is 32.2. The van der Waals surface area contributed by atoms with Crippen molar-refractivity contribution in [3.63, 3.8) is 0 Å². The number of thioether (sulfide) groups is 1.